The molecule has 3 rings (SSSR count). The molecule has 0 unspecified atom stereocenters. The minimum Gasteiger partial charge on any atom is -0.326 e. The van der Waals surface area contributed by atoms with Gasteiger partial charge in [0.15, 0.2) is 0 Å². The van der Waals surface area contributed by atoms with Crippen molar-refractivity contribution in [1.29, 1.82) is 0 Å². The van der Waals surface area contributed by atoms with Crippen molar-refractivity contribution >= 4 is 34.1 Å². The zero-order valence-electron chi connectivity index (χ0n) is 17.2. The van der Waals surface area contributed by atoms with Crippen molar-refractivity contribution in [1.82, 2.24) is 15.5 Å². The van der Waals surface area contributed by atoms with E-state index in [4.69, 9.17) is 0 Å². The standard InChI is InChI=1S/C22H25N5O2S/c1-4-14(2)18(24-21(29)23-17-13-9-8-10-15(17)3)19(28)25-22-27-26-20(30-22)16-11-6-5-7-12-16/h5-14,18H,4H2,1-3H3,(H2,23,24,29)(H,25,27,28)/t14-,18+/m1/s1. The van der Waals surface area contributed by atoms with Crippen molar-refractivity contribution in [3.8, 4) is 10.6 Å². The molecule has 0 saturated carbocycles. The highest BCUT2D eigenvalue weighted by Crippen LogP contribution is 2.26. The molecule has 30 heavy (non-hydrogen) atoms. The average Bonchev–Trinajstić information content (AvgIpc) is 3.22. The normalized spacial score (nSPS) is 12.6. The Morgan fingerprint density at radius 1 is 1.00 bits per heavy atom. The van der Waals surface area contributed by atoms with Gasteiger partial charge in [-0.2, -0.15) is 0 Å². The van der Waals surface area contributed by atoms with Crippen LogP contribution in [-0.4, -0.2) is 28.2 Å². The van der Waals surface area contributed by atoms with Gasteiger partial charge in [-0.15, -0.1) is 10.2 Å². The van der Waals surface area contributed by atoms with Gasteiger partial charge in [-0.05, 0) is 24.5 Å². The number of para-hydroxylation sites is 1. The Morgan fingerprint density at radius 2 is 1.70 bits per heavy atom. The molecule has 0 saturated heterocycles. The molecular formula is C22H25N5O2S. The molecule has 0 bridgehead atoms. The number of nitrogens with zero attached hydrogens (tertiary/aromatic N) is 2. The van der Waals surface area contributed by atoms with Crippen molar-refractivity contribution in [3.05, 3.63) is 60.2 Å². The Labute approximate surface area is 179 Å². The van der Waals surface area contributed by atoms with Gasteiger partial charge >= 0.3 is 6.03 Å². The molecule has 0 aliphatic rings. The highest BCUT2D eigenvalue weighted by molar-refractivity contribution is 7.18. The van der Waals surface area contributed by atoms with E-state index in [1.807, 2.05) is 75.4 Å². The van der Waals surface area contributed by atoms with Gasteiger partial charge in [-0.25, -0.2) is 4.79 Å². The summed E-state index contributed by atoms with van der Waals surface area (Å²) < 4.78 is 0. The van der Waals surface area contributed by atoms with Crippen LogP contribution in [0.1, 0.15) is 25.8 Å². The number of aromatic nitrogens is 2. The molecule has 8 heteroatoms. The lowest BCUT2D eigenvalue weighted by Gasteiger charge is -2.23. The quantitative estimate of drug-likeness (QED) is 0.514. The summed E-state index contributed by atoms with van der Waals surface area (Å²) in [4.78, 5) is 25.4. The summed E-state index contributed by atoms with van der Waals surface area (Å²) in [5.41, 5.74) is 2.58. The zero-order chi connectivity index (χ0) is 21.5. The lowest BCUT2D eigenvalue weighted by atomic mass is 9.98. The van der Waals surface area contributed by atoms with Gasteiger partial charge in [-0.3, -0.25) is 10.1 Å². The largest absolute Gasteiger partial charge is 0.326 e. The van der Waals surface area contributed by atoms with Crippen LogP contribution in [-0.2, 0) is 4.79 Å². The number of rotatable bonds is 7. The number of aryl methyl sites for hydroxylation is 1. The summed E-state index contributed by atoms with van der Waals surface area (Å²) in [7, 11) is 0. The number of hydrogen-bond acceptors (Lipinski definition) is 5. The van der Waals surface area contributed by atoms with E-state index in [0.717, 1.165) is 22.6 Å². The third-order valence-electron chi connectivity index (χ3n) is 4.85. The first-order chi connectivity index (χ1) is 14.5. The maximum absolute atomic E-state index is 12.9. The first kappa shape index (κ1) is 21.4. The second-order valence-electron chi connectivity index (χ2n) is 7.04. The Balaban J connectivity index is 1.68. The third kappa shape index (κ3) is 5.42. The average molecular weight is 424 g/mol. The van der Waals surface area contributed by atoms with E-state index in [1.54, 1.807) is 0 Å². The number of benzene rings is 2. The third-order valence-corrected chi connectivity index (χ3v) is 5.74. The molecule has 0 spiro atoms. The van der Waals surface area contributed by atoms with Crippen LogP contribution < -0.4 is 16.0 Å². The molecule has 0 fully saturated rings. The summed E-state index contributed by atoms with van der Waals surface area (Å²) in [5, 5.41) is 17.7. The monoisotopic (exact) mass is 423 g/mol. The lowest BCUT2D eigenvalue weighted by Crippen LogP contribution is -2.49. The molecule has 156 valence electrons. The lowest BCUT2D eigenvalue weighted by molar-refractivity contribution is -0.119. The molecule has 1 aromatic heterocycles. The summed E-state index contributed by atoms with van der Waals surface area (Å²) in [6.07, 6.45) is 0.730. The maximum Gasteiger partial charge on any atom is 0.319 e. The van der Waals surface area contributed by atoms with Crippen molar-refractivity contribution in [2.24, 2.45) is 5.92 Å². The van der Waals surface area contributed by atoms with Crippen LogP contribution in [0.2, 0.25) is 0 Å². The van der Waals surface area contributed by atoms with Crippen molar-refractivity contribution in [3.63, 3.8) is 0 Å². The number of amides is 3. The fourth-order valence-corrected chi connectivity index (χ4v) is 3.62. The van der Waals surface area contributed by atoms with E-state index in [2.05, 4.69) is 26.1 Å². The van der Waals surface area contributed by atoms with E-state index >= 15 is 0 Å². The number of carbonyl (C=O) groups is 2. The predicted octanol–water partition coefficient (Wildman–Crippen LogP) is 4.69. The summed E-state index contributed by atoms with van der Waals surface area (Å²) in [5.74, 6) is -0.380. The molecule has 0 radical (unpaired) electrons. The Kier molecular flexibility index (Phi) is 7.13. The molecular weight excluding hydrogens is 398 g/mol. The van der Waals surface area contributed by atoms with E-state index in [0.29, 0.717) is 10.8 Å². The number of carbonyl (C=O) groups excluding carboxylic acids is 2. The maximum atomic E-state index is 12.9. The van der Waals surface area contributed by atoms with E-state index in [1.165, 1.54) is 11.3 Å². The Hall–Kier alpha value is -3.26. The zero-order valence-corrected chi connectivity index (χ0v) is 18.0. The SMILES string of the molecule is CC[C@@H](C)[C@H](NC(=O)Nc1ccccc1C)C(=O)Nc1nnc(-c2ccccc2)s1. The van der Waals surface area contributed by atoms with Crippen LogP contribution in [0, 0.1) is 12.8 Å². The van der Waals surface area contributed by atoms with Crippen molar-refractivity contribution in [2.75, 3.05) is 10.6 Å². The minimum absolute atomic E-state index is 0.0610. The van der Waals surface area contributed by atoms with Gasteiger partial charge < -0.3 is 10.6 Å². The van der Waals surface area contributed by atoms with Crippen LogP contribution in [0.25, 0.3) is 10.6 Å². The minimum atomic E-state index is -0.705. The van der Waals surface area contributed by atoms with Crippen molar-refractivity contribution in [2.45, 2.75) is 33.2 Å². The summed E-state index contributed by atoms with van der Waals surface area (Å²) >= 11 is 1.29. The second-order valence-corrected chi connectivity index (χ2v) is 8.02. The van der Waals surface area contributed by atoms with Gasteiger partial charge in [0.05, 0.1) is 0 Å². The van der Waals surface area contributed by atoms with Crippen molar-refractivity contribution < 1.29 is 9.59 Å². The van der Waals surface area contributed by atoms with E-state index in [-0.39, 0.29) is 11.8 Å². The summed E-state index contributed by atoms with van der Waals surface area (Å²) in [6.45, 7) is 5.81. The van der Waals surface area contributed by atoms with Crippen LogP contribution in [0.5, 0.6) is 0 Å². The molecule has 1 heterocycles. The first-order valence-electron chi connectivity index (χ1n) is 9.81. The number of nitrogens with one attached hydrogen (secondary N) is 3. The molecule has 0 aliphatic carbocycles. The second kappa shape index (κ2) is 9.98. The molecule has 7 nitrogen and oxygen atoms in total. The highest BCUT2D eigenvalue weighted by Gasteiger charge is 2.27. The molecule has 2 atom stereocenters. The smallest absolute Gasteiger partial charge is 0.319 e. The molecule has 2 aromatic carbocycles. The topological polar surface area (TPSA) is 96.0 Å². The fourth-order valence-electron chi connectivity index (χ4n) is 2.87. The van der Waals surface area contributed by atoms with E-state index < -0.39 is 12.1 Å². The predicted molar refractivity (Wildman–Crippen MR) is 121 cm³/mol. The van der Waals surface area contributed by atoms with Crippen LogP contribution in [0.3, 0.4) is 0 Å². The van der Waals surface area contributed by atoms with Crippen LogP contribution in [0.15, 0.2) is 54.6 Å². The van der Waals surface area contributed by atoms with Gasteiger partial charge in [0.1, 0.15) is 11.0 Å². The number of hydrogen-bond donors (Lipinski definition) is 3. The highest BCUT2D eigenvalue weighted by atomic mass is 32.1. The first-order valence-corrected chi connectivity index (χ1v) is 10.6. The number of urea groups is 1. The molecule has 0 aliphatic heterocycles. The van der Waals surface area contributed by atoms with Gasteiger partial charge in [0, 0.05) is 11.3 Å². The van der Waals surface area contributed by atoms with Gasteiger partial charge in [0.25, 0.3) is 0 Å². The number of anilines is 2. The fraction of sp³-hybridized carbons (Fsp3) is 0.273. The Bertz CT molecular complexity index is 1010. The summed E-state index contributed by atoms with van der Waals surface area (Å²) in [6, 6.07) is 16.0. The van der Waals surface area contributed by atoms with E-state index in [9.17, 15) is 9.59 Å². The van der Waals surface area contributed by atoms with Crippen LogP contribution >= 0.6 is 11.3 Å². The van der Waals surface area contributed by atoms with Crippen LogP contribution in [0.4, 0.5) is 15.6 Å². The molecule has 3 N–H and O–H groups in total. The van der Waals surface area contributed by atoms with Gasteiger partial charge in [-0.1, -0.05) is 80.1 Å². The molecule has 3 amide bonds. The Morgan fingerprint density at radius 3 is 2.40 bits per heavy atom. The van der Waals surface area contributed by atoms with Gasteiger partial charge in [0.2, 0.25) is 11.0 Å². The molecule has 3 aromatic rings.